The fraction of sp³-hybridized carbons (Fsp3) is 0.500. The number of hydrogen-bond donors (Lipinski definition) is 1. The van der Waals surface area contributed by atoms with E-state index in [9.17, 15) is 18.3 Å². The SMILES string of the molecule is CC(C)(c1ccccn1)N1CC[C@@](CCc2ccc3nonc3c2)(C(O)C(F)(F)F)C1. The molecule has 0 amide bonds. The zero-order chi connectivity index (χ0) is 22.3. The van der Waals surface area contributed by atoms with Crippen molar-refractivity contribution in [2.24, 2.45) is 5.41 Å². The highest BCUT2D eigenvalue weighted by atomic mass is 19.4. The van der Waals surface area contributed by atoms with E-state index in [2.05, 4.69) is 15.3 Å². The third kappa shape index (κ3) is 4.16. The van der Waals surface area contributed by atoms with Crippen molar-refractivity contribution in [2.75, 3.05) is 13.1 Å². The Morgan fingerprint density at radius 2 is 1.94 bits per heavy atom. The molecule has 2 aromatic heterocycles. The van der Waals surface area contributed by atoms with Gasteiger partial charge in [-0.1, -0.05) is 12.1 Å². The molecule has 4 rings (SSSR count). The first kappa shape index (κ1) is 21.7. The maximum absolute atomic E-state index is 13.7. The lowest BCUT2D eigenvalue weighted by molar-refractivity contribution is -0.239. The summed E-state index contributed by atoms with van der Waals surface area (Å²) in [5, 5.41) is 18.0. The molecule has 6 nitrogen and oxygen atoms in total. The lowest BCUT2D eigenvalue weighted by Gasteiger charge is -2.39. The number of pyridine rings is 1. The van der Waals surface area contributed by atoms with Crippen LogP contribution < -0.4 is 0 Å². The van der Waals surface area contributed by atoms with Gasteiger partial charge >= 0.3 is 6.18 Å². The van der Waals surface area contributed by atoms with Crippen LogP contribution in [0.5, 0.6) is 0 Å². The van der Waals surface area contributed by atoms with Crippen LogP contribution in [-0.2, 0) is 12.0 Å². The molecule has 2 atom stereocenters. The molecule has 0 aliphatic carbocycles. The predicted octanol–water partition coefficient (Wildman–Crippen LogP) is 4.10. The van der Waals surface area contributed by atoms with Gasteiger partial charge in [0.25, 0.3) is 0 Å². The van der Waals surface area contributed by atoms with Crippen molar-refractivity contribution >= 4 is 11.0 Å². The number of likely N-dealkylation sites (tertiary alicyclic amines) is 1. The van der Waals surface area contributed by atoms with E-state index in [1.807, 2.05) is 43.0 Å². The van der Waals surface area contributed by atoms with Crippen LogP contribution in [-0.4, -0.2) is 50.7 Å². The molecule has 1 aliphatic rings. The number of aliphatic hydroxyl groups is 1. The van der Waals surface area contributed by atoms with Gasteiger partial charge in [0.2, 0.25) is 0 Å². The van der Waals surface area contributed by atoms with Crippen LogP contribution >= 0.6 is 0 Å². The van der Waals surface area contributed by atoms with Gasteiger partial charge in [0.15, 0.2) is 6.10 Å². The monoisotopic (exact) mass is 434 g/mol. The Labute approximate surface area is 178 Å². The second kappa shape index (κ2) is 7.87. The van der Waals surface area contributed by atoms with Crippen LogP contribution in [0.1, 0.15) is 37.9 Å². The smallest absolute Gasteiger partial charge is 0.383 e. The summed E-state index contributed by atoms with van der Waals surface area (Å²) < 4.78 is 45.7. The molecular weight excluding hydrogens is 409 g/mol. The van der Waals surface area contributed by atoms with Crippen molar-refractivity contribution in [3.8, 4) is 0 Å². The van der Waals surface area contributed by atoms with Crippen molar-refractivity contribution in [1.82, 2.24) is 20.2 Å². The standard InChI is InChI=1S/C22H25F3N4O2/c1-20(2,18-5-3-4-11-26-18)29-12-10-21(14-29,19(30)22(23,24)25)9-8-15-6-7-16-17(13-15)28-31-27-16/h3-7,11,13,19,30H,8-10,12,14H2,1-2H3/t19?,21-/m1/s1. The number of benzene rings is 1. The van der Waals surface area contributed by atoms with Gasteiger partial charge in [-0.25, -0.2) is 4.63 Å². The number of aromatic nitrogens is 3. The lowest BCUT2D eigenvalue weighted by atomic mass is 9.75. The molecule has 0 saturated carbocycles. The summed E-state index contributed by atoms with van der Waals surface area (Å²) in [7, 11) is 0. The summed E-state index contributed by atoms with van der Waals surface area (Å²) in [5.41, 5.74) is 0.918. The first-order valence-electron chi connectivity index (χ1n) is 10.2. The number of aliphatic hydroxyl groups excluding tert-OH is 1. The molecule has 3 heterocycles. The van der Waals surface area contributed by atoms with Crippen LogP contribution in [0.4, 0.5) is 13.2 Å². The molecule has 0 radical (unpaired) electrons. The van der Waals surface area contributed by atoms with Crippen LogP contribution in [0.25, 0.3) is 11.0 Å². The third-order valence-electron chi connectivity index (χ3n) is 6.59. The Bertz CT molecular complexity index is 1040. The Kier molecular flexibility index (Phi) is 5.51. The average molecular weight is 434 g/mol. The van der Waals surface area contributed by atoms with E-state index in [-0.39, 0.29) is 19.4 Å². The minimum Gasteiger partial charge on any atom is -0.383 e. The number of alkyl halides is 3. The summed E-state index contributed by atoms with van der Waals surface area (Å²) >= 11 is 0. The van der Waals surface area contributed by atoms with Crippen LogP contribution in [0.15, 0.2) is 47.2 Å². The van der Waals surface area contributed by atoms with Crippen molar-refractivity contribution in [2.45, 2.75) is 50.9 Å². The summed E-state index contributed by atoms with van der Waals surface area (Å²) in [6, 6.07) is 10.9. The molecule has 9 heteroatoms. The first-order chi connectivity index (χ1) is 14.6. The number of aryl methyl sites for hydroxylation is 1. The fourth-order valence-electron chi connectivity index (χ4n) is 4.55. The molecule has 166 valence electrons. The van der Waals surface area contributed by atoms with E-state index in [4.69, 9.17) is 4.63 Å². The molecule has 1 saturated heterocycles. The zero-order valence-electron chi connectivity index (χ0n) is 17.4. The van der Waals surface area contributed by atoms with Crippen molar-refractivity contribution in [1.29, 1.82) is 0 Å². The average Bonchev–Trinajstić information content (AvgIpc) is 3.39. The van der Waals surface area contributed by atoms with Gasteiger partial charge in [0.1, 0.15) is 11.0 Å². The quantitative estimate of drug-likeness (QED) is 0.630. The highest BCUT2D eigenvalue weighted by Crippen LogP contribution is 2.47. The second-order valence-electron chi connectivity index (χ2n) is 8.84. The van der Waals surface area contributed by atoms with E-state index in [1.165, 1.54) is 0 Å². The molecule has 1 N–H and O–H groups in total. The van der Waals surface area contributed by atoms with E-state index in [0.29, 0.717) is 24.0 Å². The highest BCUT2D eigenvalue weighted by Gasteiger charge is 2.56. The van der Waals surface area contributed by atoms with Crippen molar-refractivity contribution < 1.29 is 22.9 Å². The van der Waals surface area contributed by atoms with Gasteiger partial charge in [-0.2, -0.15) is 13.2 Å². The fourth-order valence-corrected chi connectivity index (χ4v) is 4.55. The number of halogens is 3. The van der Waals surface area contributed by atoms with Crippen LogP contribution in [0, 0.1) is 5.41 Å². The van der Waals surface area contributed by atoms with E-state index in [0.717, 1.165) is 11.3 Å². The number of hydrogen-bond acceptors (Lipinski definition) is 6. The maximum Gasteiger partial charge on any atom is 0.414 e. The van der Waals surface area contributed by atoms with E-state index in [1.54, 1.807) is 18.3 Å². The minimum absolute atomic E-state index is 0.130. The number of nitrogens with zero attached hydrogens (tertiary/aromatic N) is 4. The molecule has 1 aromatic carbocycles. The van der Waals surface area contributed by atoms with Gasteiger partial charge in [0, 0.05) is 18.2 Å². The zero-order valence-corrected chi connectivity index (χ0v) is 17.4. The molecule has 0 bridgehead atoms. The Morgan fingerprint density at radius 1 is 1.16 bits per heavy atom. The van der Waals surface area contributed by atoms with Crippen LogP contribution in [0.3, 0.4) is 0 Å². The van der Waals surface area contributed by atoms with Gasteiger partial charge in [0.05, 0.1) is 11.2 Å². The topological polar surface area (TPSA) is 75.3 Å². The summed E-state index contributed by atoms with van der Waals surface area (Å²) in [6.45, 7) is 4.49. The Balaban J connectivity index is 1.58. The largest absolute Gasteiger partial charge is 0.414 e. The van der Waals surface area contributed by atoms with E-state index >= 15 is 0 Å². The van der Waals surface area contributed by atoms with E-state index < -0.39 is 23.2 Å². The first-order valence-corrected chi connectivity index (χ1v) is 10.2. The van der Waals surface area contributed by atoms with Crippen molar-refractivity contribution in [3.05, 3.63) is 53.9 Å². The number of fused-ring (bicyclic) bond motifs is 1. The number of rotatable bonds is 6. The lowest BCUT2D eigenvalue weighted by Crippen LogP contribution is -2.49. The minimum atomic E-state index is -4.69. The normalized spacial score (nSPS) is 21.6. The Morgan fingerprint density at radius 3 is 2.65 bits per heavy atom. The molecule has 0 spiro atoms. The molecule has 1 fully saturated rings. The molecular formula is C22H25F3N4O2. The summed E-state index contributed by atoms with van der Waals surface area (Å²) in [5.74, 6) is 0. The molecule has 1 aliphatic heterocycles. The van der Waals surface area contributed by atoms with Gasteiger partial charge in [-0.15, -0.1) is 0 Å². The predicted molar refractivity (Wildman–Crippen MR) is 108 cm³/mol. The second-order valence-corrected chi connectivity index (χ2v) is 8.84. The Hall–Kier alpha value is -2.52. The molecule has 31 heavy (non-hydrogen) atoms. The van der Waals surface area contributed by atoms with Crippen LogP contribution in [0.2, 0.25) is 0 Å². The van der Waals surface area contributed by atoms with Gasteiger partial charge in [-0.3, -0.25) is 9.88 Å². The molecule has 3 aromatic rings. The van der Waals surface area contributed by atoms with Gasteiger partial charge in [-0.05, 0) is 79.8 Å². The third-order valence-corrected chi connectivity index (χ3v) is 6.59. The van der Waals surface area contributed by atoms with Gasteiger partial charge < -0.3 is 5.11 Å². The van der Waals surface area contributed by atoms with Crippen molar-refractivity contribution in [3.63, 3.8) is 0 Å². The molecule has 1 unspecified atom stereocenters. The summed E-state index contributed by atoms with van der Waals surface area (Å²) in [6.07, 6.45) is -4.59. The highest BCUT2D eigenvalue weighted by molar-refractivity contribution is 5.73. The summed E-state index contributed by atoms with van der Waals surface area (Å²) in [4.78, 5) is 6.40. The maximum atomic E-state index is 13.7.